The summed E-state index contributed by atoms with van der Waals surface area (Å²) in [6.45, 7) is 5.22. The number of benzene rings is 5. The third-order valence-corrected chi connectivity index (χ3v) is 8.62. The third-order valence-electron chi connectivity index (χ3n) is 8.62. The molecule has 0 aliphatic rings. The van der Waals surface area contributed by atoms with Gasteiger partial charge in [0, 0.05) is 11.6 Å². The highest BCUT2D eigenvalue weighted by atomic mass is 15.0. The highest BCUT2D eigenvalue weighted by Gasteiger charge is 2.17. The number of hydrogen-bond acceptors (Lipinski definition) is 2. The summed E-state index contributed by atoms with van der Waals surface area (Å²) in [5.74, 6) is 0.340. The Balaban J connectivity index is 1.37. The summed E-state index contributed by atoms with van der Waals surface area (Å²) in [5, 5.41) is 2.37. The van der Waals surface area contributed by atoms with Crippen molar-refractivity contribution in [1.82, 2.24) is 9.38 Å². The van der Waals surface area contributed by atoms with E-state index in [2.05, 4.69) is 164 Å². The molecular formula is C41H35N3. The Hall–Kier alpha value is -5.28. The monoisotopic (exact) mass is 569 g/mol. The zero-order valence-corrected chi connectivity index (χ0v) is 25.2. The lowest BCUT2D eigenvalue weighted by Crippen LogP contribution is -2.05. The lowest BCUT2D eigenvalue weighted by molar-refractivity contribution is 0.718. The molecule has 0 spiro atoms. The molecule has 1 atom stereocenters. The number of rotatable bonds is 8. The highest BCUT2D eigenvalue weighted by molar-refractivity contribution is 6.13. The molecule has 0 amide bonds. The van der Waals surface area contributed by atoms with Crippen LogP contribution in [0.5, 0.6) is 0 Å². The smallest absolute Gasteiger partial charge is 0.145 e. The number of aliphatic imine (C=N–C) groups is 1. The standard InChI is InChI=1S/C41H35N3/c1-3-29(2)37(27-39(32-17-8-5-9-18-32)42-28-30-14-6-4-7-15-30)36-21-13-12-19-34(36)33-22-23-38-40(26-33)44-25-24-31-16-10-11-20-35(31)41(44)43-38/h4-27,29H,3,28H2,1-2H3/b37-27+,42-39?. The molecule has 0 fully saturated rings. The van der Waals surface area contributed by atoms with Crippen LogP contribution in [0.15, 0.2) is 151 Å². The van der Waals surface area contributed by atoms with Gasteiger partial charge in [0.1, 0.15) is 5.65 Å². The predicted molar refractivity (Wildman–Crippen MR) is 186 cm³/mol. The Kier molecular flexibility index (Phi) is 7.60. The first-order valence-corrected chi connectivity index (χ1v) is 15.4. The lowest BCUT2D eigenvalue weighted by atomic mass is 9.85. The fourth-order valence-electron chi connectivity index (χ4n) is 6.03. The molecule has 7 aromatic rings. The Bertz CT molecular complexity index is 2140. The average Bonchev–Trinajstić information content (AvgIpc) is 3.47. The molecule has 0 saturated carbocycles. The van der Waals surface area contributed by atoms with Gasteiger partial charge < -0.3 is 0 Å². The van der Waals surface area contributed by atoms with Crippen LogP contribution in [-0.2, 0) is 6.54 Å². The van der Waals surface area contributed by atoms with Crippen molar-refractivity contribution in [3.63, 3.8) is 0 Å². The molecule has 5 aromatic carbocycles. The van der Waals surface area contributed by atoms with Crippen LogP contribution in [0.25, 0.3) is 44.2 Å². The van der Waals surface area contributed by atoms with Crippen LogP contribution in [0.4, 0.5) is 0 Å². The van der Waals surface area contributed by atoms with Crippen molar-refractivity contribution in [1.29, 1.82) is 0 Å². The molecule has 214 valence electrons. The van der Waals surface area contributed by atoms with Crippen molar-refractivity contribution in [2.45, 2.75) is 26.8 Å². The minimum Gasteiger partial charge on any atom is -0.299 e. The molecule has 2 aromatic heterocycles. The quantitative estimate of drug-likeness (QED) is 0.167. The van der Waals surface area contributed by atoms with Gasteiger partial charge in [-0.05, 0) is 75.4 Å². The van der Waals surface area contributed by atoms with Crippen molar-refractivity contribution in [3.8, 4) is 11.1 Å². The molecule has 0 aliphatic carbocycles. The summed E-state index contributed by atoms with van der Waals surface area (Å²) in [7, 11) is 0. The van der Waals surface area contributed by atoms with Gasteiger partial charge in [-0.15, -0.1) is 0 Å². The molecular weight excluding hydrogens is 534 g/mol. The summed E-state index contributed by atoms with van der Waals surface area (Å²) < 4.78 is 2.22. The molecule has 7 rings (SSSR count). The van der Waals surface area contributed by atoms with Gasteiger partial charge in [0.05, 0.1) is 23.3 Å². The number of fused-ring (bicyclic) bond motifs is 5. The van der Waals surface area contributed by atoms with Gasteiger partial charge in [0.2, 0.25) is 0 Å². The zero-order valence-electron chi connectivity index (χ0n) is 25.2. The maximum Gasteiger partial charge on any atom is 0.145 e. The van der Waals surface area contributed by atoms with Gasteiger partial charge in [-0.2, -0.15) is 0 Å². The minimum atomic E-state index is 0.340. The molecule has 44 heavy (non-hydrogen) atoms. The van der Waals surface area contributed by atoms with E-state index in [1.807, 2.05) is 0 Å². The summed E-state index contributed by atoms with van der Waals surface area (Å²) in [6, 6.07) is 47.1. The van der Waals surface area contributed by atoms with E-state index < -0.39 is 0 Å². The van der Waals surface area contributed by atoms with Gasteiger partial charge in [-0.1, -0.05) is 129 Å². The molecule has 1 unspecified atom stereocenters. The van der Waals surface area contributed by atoms with Gasteiger partial charge in [-0.25, -0.2) is 4.98 Å². The average molecular weight is 570 g/mol. The van der Waals surface area contributed by atoms with Crippen LogP contribution in [0.1, 0.15) is 37.0 Å². The molecule has 0 radical (unpaired) electrons. The molecule has 0 aliphatic heterocycles. The van der Waals surface area contributed by atoms with Crippen molar-refractivity contribution in [2.75, 3.05) is 0 Å². The van der Waals surface area contributed by atoms with Gasteiger partial charge in [0.15, 0.2) is 0 Å². The summed E-state index contributed by atoms with van der Waals surface area (Å²) in [4.78, 5) is 10.2. The number of pyridine rings is 1. The van der Waals surface area contributed by atoms with E-state index in [1.165, 1.54) is 38.6 Å². The first-order valence-electron chi connectivity index (χ1n) is 15.4. The van der Waals surface area contributed by atoms with Crippen LogP contribution in [-0.4, -0.2) is 15.1 Å². The summed E-state index contributed by atoms with van der Waals surface area (Å²) in [5.41, 5.74) is 11.4. The first-order chi connectivity index (χ1) is 21.7. The van der Waals surface area contributed by atoms with Crippen LogP contribution in [0, 0.1) is 5.92 Å². The van der Waals surface area contributed by atoms with Crippen LogP contribution in [0.2, 0.25) is 0 Å². The fourth-order valence-corrected chi connectivity index (χ4v) is 6.03. The minimum absolute atomic E-state index is 0.340. The second kappa shape index (κ2) is 12.1. The van der Waals surface area contributed by atoms with Gasteiger partial charge in [-0.3, -0.25) is 9.39 Å². The fraction of sp³-hybridized carbons (Fsp3) is 0.122. The topological polar surface area (TPSA) is 29.7 Å². The van der Waals surface area contributed by atoms with Crippen LogP contribution in [0.3, 0.4) is 0 Å². The van der Waals surface area contributed by atoms with Crippen molar-refractivity contribution in [2.24, 2.45) is 10.9 Å². The number of aromatic nitrogens is 2. The molecule has 2 heterocycles. The maximum absolute atomic E-state index is 5.17. The van der Waals surface area contributed by atoms with Crippen molar-refractivity contribution >= 4 is 38.7 Å². The number of hydrogen-bond donors (Lipinski definition) is 0. The van der Waals surface area contributed by atoms with E-state index in [9.17, 15) is 0 Å². The third kappa shape index (κ3) is 5.33. The molecule has 0 saturated heterocycles. The SMILES string of the molecule is CCC(C)/C(=C\C(=NCc1ccccc1)c1ccccc1)c1ccccc1-c1ccc2nc3c4ccccc4ccn3c2c1. The Morgan fingerprint density at radius 2 is 1.52 bits per heavy atom. The number of imidazole rings is 1. The van der Waals surface area contributed by atoms with Gasteiger partial charge >= 0.3 is 0 Å². The van der Waals surface area contributed by atoms with Crippen molar-refractivity contribution in [3.05, 3.63) is 162 Å². The molecule has 0 bridgehead atoms. The van der Waals surface area contributed by atoms with Crippen LogP contribution < -0.4 is 0 Å². The Labute approximate surface area is 258 Å². The van der Waals surface area contributed by atoms with Crippen LogP contribution >= 0.6 is 0 Å². The zero-order chi connectivity index (χ0) is 29.9. The Morgan fingerprint density at radius 1 is 0.795 bits per heavy atom. The Morgan fingerprint density at radius 3 is 2.34 bits per heavy atom. The summed E-state index contributed by atoms with van der Waals surface area (Å²) in [6.07, 6.45) is 5.49. The van der Waals surface area contributed by atoms with E-state index in [1.54, 1.807) is 0 Å². The normalized spacial score (nSPS) is 13.1. The molecule has 3 heteroatoms. The number of allylic oxidation sites excluding steroid dienone is 2. The summed E-state index contributed by atoms with van der Waals surface area (Å²) >= 11 is 0. The van der Waals surface area contributed by atoms with Crippen molar-refractivity contribution < 1.29 is 0 Å². The van der Waals surface area contributed by atoms with E-state index in [0.717, 1.165) is 34.4 Å². The van der Waals surface area contributed by atoms with E-state index >= 15 is 0 Å². The maximum atomic E-state index is 5.17. The number of nitrogens with zero attached hydrogens (tertiary/aromatic N) is 3. The predicted octanol–water partition coefficient (Wildman–Crippen LogP) is 10.4. The molecule has 0 N–H and O–H groups in total. The highest BCUT2D eigenvalue weighted by Crippen LogP contribution is 2.36. The van der Waals surface area contributed by atoms with Gasteiger partial charge in [0.25, 0.3) is 0 Å². The lowest BCUT2D eigenvalue weighted by Gasteiger charge is -2.19. The first kappa shape index (κ1) is 27.5. The van der Waals surface area contributed by atoms with E-state index in [4.69, 9.17) is 9.98 Å². The molecule has 3 nitrogen and oxygen atoms in total. The largest absolute Gasteiger partial charge is 0.299 e. The van der Waals surface area contributed by atoms with E-state index in [-0.39, 0.29) is 0 Å². The second-order valence-electron chi connectivity index (χ2n) is 11.4. The second-order valence-corrected chi connectivity index (χ2v) is 11.4. The van der Waals surface area contributed by atoms with E-state index in [0.29, 0.717) is 12.5 Å².